The maximum absolute atomic E-state index is 12.0. The standard InChI is InChI=1S/C14H24N2O4/c1-2-20-14(18)12-4-3-7-16(12)10-13(17)15-11-5-8-19-9-6-11/h11-12H,2-10H2,1H3,(H,15,17). The van der Waals surface area contributed by atoms with E-state index in [1.807, 2.05) is 4.90 Å². The molecule has 0 aromatic carbocycles. The Morgan fingerprint density at radius 3 is 2.75 bits per heavy atom. The molecule has 2 rings (SSSR count). The summed E-state index contributed by atoms with van der Waals surface area (Å²) in [6, 6.07) is -0.0460. The van der Waals surface area contributed by atoms with Crippen LogP contribution in [0, 0.1) is 0 Å². The Balaban J connectivity index is 1.78. The number of likely N-dealkylation sites (tertiary alicyclic amines) is 1. The summed E-state index contributed by atoms with van der Waals surface area (Å²) in [6.45, 7) is 4.66. The third kappa shape index (κ3) is 4.18. The van der Waals surface area contributed by atoms with Crippen molar-refractivity contribution in [3.05, 3.63) is 0 Å². The highest BCUT2D eigenvalue weighted by atomic mass is 16.5. The quantitative estimate of drug-likeness (QED) is 0.736. The van der Waals surface area contributed by atoms with Crippen LogP contribution in [0.4, 0.5) is 0 Å². The molecule has 114 valence electrons. The topological polar surface area (TPSA) is 67.9 Å². The summed E-state index contributed by atoms with van der Waals surface area (Å²) in [5.41, 5.74) is 0. The van der Waals surface area contributed by atoms with E-state index in [-0.39, 0.29) is 30.5 Å². The molecule has 0 saturated carbocycles. The summed E-state index contributed by atoms with van der Waals surface area (Å²) in [5, 5.41) is 3.02. The SMILES string of the molecule is CCOC(=O)C1CCCN1CC(=O)NC1CCOCC1. The molecule has 1 unspecified atom stereocenters. The van der Waals surface area contributed by atoms with Gasteiger partial charge in [0, 0.05) is 19.3 Å². The summed E-state index contributed by atoms with van der Waals surface area (Å²) in [6.07, 6.45) is 3.46. The van der Waals surface area contributed by atoms with Crippen molar-refractivity contribution in [2.24, 2.45) is 0 Å². The van der Waals surface area contributed by atoms with E-state index in [1.165, 1.54) is 0 Å². The van der Waals surface area contributed by atoms with E-state index in [0.717, 1.165) is 32.2 Å². The zero-order valence-corrected chi connectivity index (χ0v) is 12.1. The highest BCUT2D eigenvalue weighted by molar-refractivity contribution is 5.81. The summed E-state index contributed by atoms with van der Waals surface area (Å²) < 4.78 is 10.3. The number of nitrogens with one attached hydrogen (secondary N) is 1. The number of rotatable bonds is 5. The van der Waals surface area contributed by atoms with Crippen LogP contribution in [-0.4, -0.2) is 61.8 Å². The molecule has 2 heterocycles. The first-order chi connectivity index (χ1) is 9.70. The molecular formula is C14H24N2O4. The van der Waals surface area contributed by atoms with E-state index in [1.54, 1.807) is 6.92 Å². The van der Waals surface area contributed by atoms with E-state index in [4.69, 9.17) is 9.47 Å². The van der Waals surface area contributed by atoms with Crippen molar-refractivity contribution in [3.8, 4) is 0 Å². The number of nitrogens with zero attached hydrogens (tertiary/aromatic N) is 1. The summed E-state index contributed by atoms with van der Waals surface area (Å²) in [4.78, 5) is 25.8. The van der Waals surface area contributed by atoms with Gasteiger partial charge in [-0.25, -0.2) is 0 Å². The third-order valence-electron chi connectivity index (χ3n) is 3.86. The van der Waals surface area contributed by atoms with E-state index in [9.17, 15) is 9.59 Å². The second-order valence-corrected chi connectivity index (χ2v) is 5.33. The monoisotopic (exact) mass is 284 g/mol. The lowest BCUT2D eigenvalue weighted by atomic mass is 10.1. The fourth-order valence-electron chi connectivity index (χ4n) is 2.82. The van der Waals surface area contributed by atoms with Gasteiger partial charge in [-0.15, -0.1) is 0 Å². The Labute approximate surface area is 119 Å². The minimum absolute atomic E-state index is 0.00639. The Kier molecular flexibility index (Phi) is 5.79. The minimum Gasteiger partial charge on any atom is -0.465 e. The molecule has 2 aliphatic heterocycles. The van der Waals surface area contributed by atoms with Crippen molar-refractivity contribution in [2.75, 3.05) is 32.9 Å². The number of carbonyl (C=O) groups excluding carboxylic acids is 2. The van der Waals surface area contributed by atoms with Crippen LogP contribution in [0.1, 0.15) is 32.6 Å². The minimum atomic E-state index is -0.254. The second kappa shape index (κ2) is 7.59. The first-order valence-corrected chi connectivity index (χ1v) is 7.48. The molecule has 0 bridgehead atoms. The van der Waals surface area contributed by atoms with Crippen LogP contribution >= 0.6 is 0 Å². The molecule has 2 saturated heterocycles. The highest BCUT2D eigenvalue weighted by Gasteiger charge is 2.33. The van der Waals surface area contributed by atoms with Crippen molar-refractivity contribution in [1.82, 2.24) is 10.2 Å². The van der Waals surface area contributed by atoms with E-state index >= 15 is 0 Å². The molecule has 0 aromatic heterocycles. The van der Waals surface area contributed by atoms with Crippen LogP contribution in [0.25, 0.3) is 0 Å². The van der Waals surface area contributed by atoms with E-state index < -0.39 is 0 Å². The first kappa shape index (κ1) is 15.3. The van der Waals surface area contributed by atoms with Gasteiger partial charge in [-0.2, -0.15) is 0 Å². The Bertz CT molecular complexity index is 342. The van der Waals surface area contributed by atoms with Crippen LogP contribution in [0.15, 0.2) is 0 Å². The Morgan fingerprint density at radius 2 is 2.05 bits per heavy atom. The fourth-order valence-corrected chi connectivity index (χ4v) is 2.82. The number of carbonyl (C=O) groups is 2. The highest BCUT2D eigenvalue weighted by Crippen LogP contribution is 2.18. The van der Waals surface area contributed by atoms with Crippen molar-refractivity contribution in [1.29, 1.82) is 0 Å². The number of hydrogen-bond donors (Lipinski definition) is 1. The molecule has 6 nitrogen and oxygen atoms in total. The number of hydrogen-bond acceptors (Lipinski definition) is 5. The van der Waals surface area contributed by atoms with Crippen molar-refractivity contribution >= 4 is 11.9 Å². The predicted molar refractivity (Wildman–Crippen MR) is 73.2 cm³/mol. The molecule has 1 amide bonds. The zero-order chi connectivity index (χ0) is 14.4. The van der Waals surface area contributed by atoms with Crippen LogP contribution in [0.3, 0.4) is 0 Å². The van der Waals surface area contributed by atoms with E-state index in [0.29, 0.717) is 19.8 Å². The number of esters is 1. The van der Waals surface area contributed by atoms with Crippen molar-refractivity contribution < 1.29 is 19.1 Å². The molecule has 0 spiro atoms. The third-order valence-corrected chi connectivity index (χ3v) is 3.86. The summed E-state index contributed by atoms with van der Waals surface area (Å²) in [5.74, 6) is -0.211. The maximum Gasteiger partial charge on any atom is 0.323 e. The molecule has 0 radical (unpaired) electrons. The number of ether oxygens (including phenoxy) is 2. The van der Waals surface area contributed by atoms with Gasteiger partial charge in [0.2, 0.25) is 5.91 Å². The Hall–Kier alpha value is -1.14. The Morgan fingerprint density at radius 1 is 1.30 bits per heavy atom. The van der Waals surface area contributed by atoms with Crippen molar-refractivity contribution in [2.45, 2.75) is 44.7 Å². The van der Waals surface area contributed by atoms with E-state index in [2.05, 4.69) is 5.32 Å². The van der Waals surface area contributed by atoms with Gasteiger partial charge in [-0.05, 0) is 39.2 Å². The van der Waals surface area contributed by atoms with Crippen LogP contribution in [0.2, 0.25) is 0 Å². The molecule has 6 heteroatoms. The molecule has 2 fully saturated rings. The van der Waals surface area contributed by atoms with Crippen molar-refractivity contribution in [3.63, 3.8) is 0 Å². The largest absolute Gasteiger partial charge is 0.465 e. The fraction of sp³-hybridized carbons (Fsp3) is 0.857. The first-order valence-electron chi connectivity index (χ1n) is 7.48. The lowest BCUT2D eigenvalue weighted by molar-refractivity contribution is -0.148. The van der Waals surface area contributed by atoms with Gasteiger partial charge in [0.25, 0.3) is 0 Å². The van der Waals surface area contributed by atoms with Crippen LogP contribution in [0.5, 0.6) is 0 Å². The summed E-state index contributed by atoms with van der Waals surface area (Å²) >= 11 is 0. The molecule has 1 atom stereocenters. The lowest BCUT2D eigenvalue weighted by Gasteiger charge is -2.26. The molecule has 0 aliphatic carbocycles. The normalized spacial score (nSPS) is 24.6. The molecule has 0 aromatic rings. The molecule has 2 aliphatic rings. The molecular weight excluding hydrogens is 260 g/mol. The predicted octanol–water partition coefficient (Wildman–Crippen LogP) is 0.309. The number of amides is 1. The lowest BCUT2D eigenvalue weighted by Crippen LogP contribution is -2.47. The van der Waals surface area contributed by atoms with Gasteiger partial charge in [0.1, 0.15) is 6.04 Å². The second-order valence-electron chi connectivity index (χ2n) is 5.33. The summed E-state index contributed by atoms with van der Waals surface area (Å²) in [7, 11) is 0. The molecule has 1 N–H and O–H groups in total. The average molecular weight is 284 g/mol. The van der Waals surface area contributed by atoms with Crippen LogP contribution in [-0.2, 0) is 19.1 Å². The zero-order valence-electron chi connectivity index (χ0n) is 12.1. The average Bonchev–Trinajstić information content (AvgIpc) is 2.88. The smallest absolute Gasteiger partial charge is 0.323 e. The maximum atomic E-state index is 12.0. The van der Waals surface area contributed by atoms with Gasteiger partial charge in [-0.3, -0.25) is 14.5 Å². The van der Waals surface area contributed by atoms with Crippen LogP contribution < -0.4 is 5.32 Å². The van der Waals surface area contributed by atoms with Gasteiger partial charge >= 0.3 is 5.97 Å². The van der Waals surface area contributed by atoms with Gasteiger partial charge in [0.05, 0.1) is 13.2 Å². The van der Waals surface area contributed by atoms with Gasteiger partial charge < -0.3 is 14.8 Å². The van der Waals surface area contributed by atoms with Gasteiger partial charge in [0.15, 0.2) is 0 Å². The molecule has 20 heavy (non-hydrogen) atoms. The van der Waals surface area contributed by atoms with Gasteiger partial charge in [-0.1, -0.05) is 0 Å².